The molecular formula is C23H27N9. The molecule has 0 aromatic carbocycles. The summed E-state index contributed by atoms with van der Waals surface area (Å²) in [6.45, 7) is 8.70. The zero-order valence-electron chi connectivity index (χ0n) is 18.7. The fraction of sp³-hybridized carbons (Fsp3) is 0.391. The van der Waals surface area contributed by atoms with Gasteiger partial charge in [0.2, 0.25) is 0 Å². The molecule has 0 radical (unpaired) electrons. The number of rotatable bonds is 6. The molecule has 1 fully saturated rings. The summed E-state index contributed by atoms with van der Waals surface area (Å²) in [7, 11) is 0. The summed E-state index contributed by atoms with van der Waals surface area (Å²) in [6.07, 6.45) is 9.14. The number of hydrogen-bond acceptors (Lipinski definition) is 8. The molecule has 1 saturated heterocycles. The minimum absolute atomic E-state index is 0.262. The van der Waals surface area contributed by atoms with E-state index in [1.807, 2.05) is 25.5 Å². The number of nitrogens with zero attached hydrogens (tertiary/aromatic N) is 8. The van der Waals surface area contributed by atoms with Gasteiger partial charge in [0, 0.05) is 44.3 Å². The Hall–Kier alpha value is -3.62. The average molecular weight is 430 g/mol. The van der Waals surface area contributed by atoms with E-state index in [0.717, 1.165) is 72.5 Å². The molecule has 9 nitrogen and oxygen atoms in total. The Balaban J connectivity index is 1.42. The Morgan fingerprint density at radius 2 is 1.94 bits per heavy atom. The van der Waals surface area contributed by atoms with Crippen LogP contribution >= 0.6 is 0 Å². The number of pyridine rings is 1. The minimum atomic E-state index is 0.262. The second kappa shape index (κ2) is 8.49. The van der Waals surface area contributed by atoms with Crippen LogP contribution in [-0.4, -0.2) is 53.6 Å². The van der Waals surface area contributed by atoms with E-state index >= 15 is 0 Å². The second-order valence-electron chi connectivity index (χ2n) is 8.04. The summed E-state index contributed by atoms with van der Waals surface area (Å²) in [6, 6.07) is 4.52. The monoisotopic (exact) mass is 429 g/mol. The maximum absolute atomic E-state index is 4.89. The second-order valence-corrected chi connectivity index (χ2v) is 8.04. The maximum Gasteiger partial charge on any atom is 0.165 e. The molecule has 9 heteroatoms. The summed E-state index contributed by atoms with van der Waals surface area (Å²) in [5.74, 6) is 3.34. The van der Waals surface area contributed by atoms with Crippen LogP contribution in [0.4, 0.5) is 11.6 Å². The Labute approximate surface area is 187 Å². The largest absolute Gasteiger partial charge is 0.364 e. The zero-order chi connectivity index (χ0) is 22.1. The number of anilines is 2. The van der Waals surface area contributed by atoms with E-state index < -0.39 is 0 Å². The van der Waals surface area contributed by atoms with Crippen LogP contribution < -0.4 is 10.2 Å². The quantitative estimate of drug-likeness (QED) is 0.499. The Morgan fingerprint density at radius 3 is 2.72 bits per heavy atom. The van der Waals surface area contributed by atoms with Crippen LogP contribution in [0, 0.1) is 6.92 Å². The highest BCUT2D eigenvalue weighted by Gasteiger charge is 2.25. The summed E-state index contributed by atoms with van der Waals surface area (Å²) < 4.78 is 2.08. The van der Waals surface area contributed by atoms with Gasteiger partial charge in [0.15, 0.2) is 17.0 Å². The smallest absolute Gasteiger partial charge is 0.165 e. The standard InChI is InChI=1S/C23H27N9/c1-4-16-6-8-24-19(10-16)31-9-7-18(13-31)29-21-20-23(28-14-27-21)32(5-2)22(30-20)17-11-25-15(3)26-12-17/h6,8,10-12,14,18H,4-5,7,9,13H2,1-3H3,(H,27,28,29). The van der Waals surface area contributed by atoms with Crippen molar-refractivity contribution in [1.82, 2.24) is 34.5 Å². The highest BCUT2D eigenvalue weighted by Crippen LogP contribution is 2.28. The molecule has 5 rings (SSSR count). The van der Waals surface area contributed by atoms with Gasteiger partial charge in [-0.1, -0.05) is 6.92 Å². The molecule has 4 aromatic heterocycles. The van der Waals surface area contributed by atoms with E-state index in [1.54, 1.807) is 6.33 Å². The number of imidazole rings is 1. The molecule has 5 heterocycles. The third kappa shape index (κ3) is 3.74. The van der Waals surface area contributed by atoms with Gasteiger partial charge in [-0.05, 0) is 44.4 Å². The van der Waals surface area contributed by atoms with Gasteiger partial charge < -0.3 is 14.8 Å². The SMILES string of the molecule is CCc1ccnc(N2CCC(Nc3ncnc4c3nc(-c3cnc(C)nc3)n4CC)C2)c1. The van der Waals surface area contributed by atoms with Crippen molar-refractivity contribution < 1.29 is 0 Å². The van der Waals surface area contributed by atoms with Crippen LogP contribution in [0.3, 0.4) is 0 Å². The van der Waals surface area contributed by atoms with E-state index in [1.165, 1.54) is 5.56 Å². The van der Waals surface area contributed by atoms with Crippen molar-refractivity contribution in [1.29, 1.82) is 0 Å². The molecule has 4 aromatic rings. The molecule has 1 unspecified atom stereocenters. The Bertz CT molecular complexity index is 1230. The van der Waals surface area contributed by atoms with E-state index in [2.05, 4.69) is 65.7 Å². The summed E-state index contributed by atoms with van der Waals surface area (Å²) in [5.41, 5.74) is 3.76. The Kier molecular flexibility index (Phi) is 5.38. The average Bonchev–Trinajstić information content (AvgIpc) is 3.45. The zero-order valence-corrected chi connectivity index (χ0v) is 18.7. The molecule has 1 N–H and O–H groups in total. The van der Waals surface area contributed by atoms with Gasteiger partial charge in [-0.15, -0.1) is 0 Å². The fourth-order valence-electron chi connectivity index (χ4n) is 4.20. The Morgan fingerprint density at radius 1 is 1.09 bits per heavy atom. The highest BCUT2D eigenvalue weighted by molar-refractivity contribution is 5.86. The predicted octanol–water partition coefficient (Wildman–Crippen LogP) is 3.26. The molecule has 1 aliphatic rings. The van der Waals surface area contributed by atoms with Crippen molar-refractivity contribution in [3.05, 3.63) is 48.4 Å². The molecule has 164 valence electrons. The summed E-state index contributed by atoms with van der Waals surface area (Å²) >= 11 is 0. The highest BCUT2D eigenvalue weighted by atomic mass is 15.2. The van der Waals surface area contributed by atoms with Crippen molar-refractivity contribution in [3.63, 3.8) is 0 Å². The van der Waals surface area contributed by atoms with Crippen LogP contribution in [-0.2, 0) is 13.0 Å². The van der Waals surface area contributed by atoms with E-state index in [9.17, 15) is 0 Å². The molecule has 0 spiro atoms. The number of fused-ring (bicyclic) bond motifs is 1. The molecule has 32 heavy (non-hydrogen) atoms. The molecule has 0 saturated carbocycles. The lowest BCUT2D eigenvalue weighted by Crippen LogP contribution is -2.27. The van der Waals surface area contributed by atoms with Gasteiger partial charge in [0.1, 0.15) is 23.8 Å². The van der Waals surface area contributed by atoms with Gasteiger partial charge in [-0.25, -0.2) is 29.9 Å². The predicted molar refractivity (Wildman–Crippen MR) is 125 cm³/mol. The first-order valence-electron chi connectivity index (χ1n) is 11.1. The summed E-state index contributed by atoms with van der Waals surface area (Å²) in [4.78, 5) is 29.5. The van der Waals surface area contributed by atoms with Crippen LogP contribution in [0.1, 0.15) is 31.7 Å². The van der Waals surface area contributed by atoms with E-state index in [4.69, 9.17) is 4.98 Å². The van der Waals surface area contributed by atoms with Crippen molar-refractivity contribution in [2.75, 3.05) is 23.3 Å². The van der Waals surface area contributed by atoms with Gasteiger partial charge in [0.25, 0.3) is 0 Å². The summed E-state index contributed by atoms with van der Waals surface area (Å²) in [5, 5.41) is 3.61. The molecular weight excluding hydrogens is 402 g/mol. The van der Waals surface area contributed by atoms with E-state index in [-0.39, 0.29) is 6.04 Å². The van der Waals surface area contributed by atoms with Crippen LogP contribution in [0.2, 0.25) is 0 Å². The lowest BCUT2D eigenvalue weighted by atomic mass is 10.2. The van der Waals surface area contributed by atoms with Crippen molar-refractivity contribution >= 4 is 22.8 Å². The fourth-order valence-corrected chi connectivity index (χ4v) is 4.20. The molecule has 0 bridgehead atoms. The van der Waals surface area contributed by atoms with Gasteiger partial charge in [0.05, 0.1) is 5.56 Å². The van der Waals surface area contributed by atoms with Crippen molar-refractivity contribution in [2.24, 2.45) is 0 Å². The number of nitrogens with one attached hydrogen (secondary N) is 1. The third-order valence-corrected chi connectivity index (χ3v) is 5.96. The van der Waals surface area contributed by atoms with Crippen LogP contribution in [0.25, 0.3) is 22.6 Å². The van der Waals surface area contributed by atoms with Crippen LogP contribution in [0.5, 0.6) is 0 Å². The third-order valence-electron chi connectivity index (χ3n) is 5.96. The minimum Gasteiger partial charge on any atom is -0.364 e. The molecule has 0 amide bonds. The first-order valence-corrected chi connectivity index (χ1v) is 11.1. The van der Waals surface area contributed by atoms with Gasteiger partial charge in [-0.2, -0.15) is 0 Å². The first-order chi connectivity index (χ1) is 15.7. The number of hydrogen-bond donors (Lipinski definition) is 1. The lowest BCUT2D eigenvalue weighted by Gasteiger charge is -2.18. The number of aryl methyl sites for hydroxylation is 3. The molecule has 0 aliphatic carbocycles. The lowest BCUT2D eigenvalue weighted by molar-refractivity contribution is 0.783. The maximum atomic E-state index is 4.89. The normalized spacial score (nSPS) is 16.1. The topological polar surface area (TPSA) is 97.5 Å². The molecule has 1 atom stereocenters. The van der Waals surface area contributed by atoms with Crippen LogP contribution in [0.15, 0.2) is 37.1 Å². The van der Waals surface area contributed by atoms with Gasteiger partial charge >= 0.3 is 0 Å². The van der Waals surface area contributed by atoms with Gasteiger partial charge in [-0.3, -0.25) is 0 Å². The molecule has 1 aliphatic heterocycles. The van der Waals surface area contributed by atoms with Crippen molar-refractivity contribution in [2.45, 2.75) is 46.2 Å². The first kappa shape index (κ1) is 20.3. The van der Waals surface area contributed by atoms with Crippen molar-refractivity contribution in [3.8, 4) is 11.4 Å². The number of aromatic nitrogens is 7. The van der Waals surface area contributed by atoms with E-state index in [0.29, 0.717) is 0 Å².